The molecule has 3 aromatic heterocycles. The molecule has 3 heterocycles. The molecule has 0 radical (unpaired) electrons. The molecule has 0 spiro atoms. The number of aromatic nitrogens is 5. The monoisotopic (exact) mass is 320 g/mol. The first-order chi connectivity index (χ1) is 11.8. The van der Waals surface area contributed by atoms with Crippen molar-refractivity contribution < 1.29 is 9.32 Å². The summed E-state index contributed by atoms with van der Waals surface area (Å²) in [6, 6.07) is 10.8. The van der Waals surface area contributed by atoms with Crippen LogP contribution in [0.2, 0.25) is 0 Å². The van der Waals surface area contributed by atoms with E-state index in [-0.39, 0.29) is 12.3 Å². The van der Waals surface area contributed by atoms with E-state index in [0.29, 0.717) is 22.9 Å². The Labute approximate surface area is 136 Å². The van der Waals surface area contributed by atoms with Crippen LogP contribution in [0.15, 0.2) is 59.6 Å². The molecule has 0 fully saturated rings. The molecule has 1 aromatic carbocycles. The predicted octanol–water partition coefficient (Wildman–Crippen LogP) is 1.98. The van der Waals surface area contributed by atoms with E-state index in [9.17, 15) is 4.79 Å². The predicted molar refractivity (Wildman–Crippen MR) is 85.5 cm³/mol. The summed E-state index contributed by atoms with van der Waals surface area (Å²) in [7, 11) is 0. The Balaban J connectivity index is 1.51. The number of para-hydroxylation sites is 1. The Bertz CT molecular complexity index is 993. The molecule has 0 aliphatic heterocycles. The smallest absolute Gasteiger partial charge is 0.231 e. The largest absolute Gasteiger partial charge is 0.356 e. The number of anilines is 1. The molecule has 0 atom stereocenters. The molecule has 1 N–H and O–H groups in total. The van der Waals surface area contributed by atoms with Crippen molar-refractivity contribution in [2.75, 3.05) is 5.32 Å². The summed E-state index contributed by atoms with van der Waals surface area (Å²) >= 11 is 0. The zero-order valence-electron chi connectivity index (χ0n) is 12.5. The van der Waals surface area contributed by atoms with Crippen LogP contribution in [-0.2, 0) is 11.2 Å². The zero-order valence-corrected chi connectivity index (χ0v) is 12.5. The van der Waals surface area contributed by atoms with Gasteiger partial charge in [0.2, 0.25) is 5.91 Å². The lowest BCUT2D eigenvalue weighted by molar-refractivity contribution is -0.115. The second-order valence-electron chi connectivity index (χ2n) is 5.06. The van der Waals surface area contributed by atoms with E-state index in [1.54, 1.807) is 29.2 Å². The van der Waals surface area contributed by atoms with E-state index in [2.05, 4.69) is 25.5 Å². The molecule has 8 nitrogen and oxygen atoms in total. The number of nitrogens with one attached hydrogen (secondary N) is 1. The molecule has 0 saturated carbocycles. The average Bonchev–Trinajstić information content (AvgIpc) is 3.26. The van der Waals surface area contributed by atoms with Crippen LogP contribution in [0.4, 0.5) is 5.82 Å². The quantitative estimate of drug-likeness (QED) is 0.617. The van der Waals surface area contributed by atoms with E-state index in [1.807, 2.05) is 24.3 Å². The van der Waals surface area contributed by atoms with Crippen molar-refractivity contribution in [3.8, 4) is 5.82 Å². The number of rotatable bonds is 4. The van der Waals surface area contributed by atoms with Gasteiger partial charge in [-0.25, -0.2) is 14.6 Å². The Kier molecular flexibility index (Phi) is 3.47. The van der Waals surface area contributed by atoms with Crippen molar-refractivity contribution in [3.05, 3.63) is 60.8 Å². The summed E-state index contributed by atoms with van der Waals surface area (Å²) in [6.45, 7) is 0. The number of amides is 1. The van der Waals surface area contributed by atoms with Gasteiger partial charge in [-0.1, -0.05) is 17.3 Å². The van der Waals surface area contributed by atoms with Crippen LogP contribution in [-0.4, -0.2) is 30.8 Å². The van der Waals surface area contributed by atoms with Gasteiger partial charge in [-0.15, -0.1) is 0 Å². The number of hydrogen-bond donors (Lipinski definition) is 1. The van der Waals surface area contributed by atoms with Crippen LogP contribution in [0.1, 0.15) is 5.69 Å². The molecular weight excluding hydrogens is 308 g/mol. The number of hydrogen-bond acceptors (Lipinski definition) is 6. The van der Waals surface area contributed by atoms with Crippen LogP contribution in [0.3, 0.4) is 0 Å². The minimum Gasteiger partial charge on any atom is -0.356 e. The van der Waals surface area contributed by atoms with Crippen molar-refractivity contribution in [2.45, 2.75) is 6.42 Å². The molecule has 4 aromatic rings. The van der Waals surface area contributed by atoms with Crippen molar-refractivity contribution in [1.82, 2.24) is 24.9 Å². The molecule has 0 bridgehead atoms. The third-order valence-corrected chi connectivity index (χ3v) is 3.44. The number of carbonyl (C=O) groups is 1. The lowest BCUT2D eigenvalue weighted by Crippen LogP contribution is -2.16. The topological polar surface area (TPSA) is 98.7 Å². The van der Waals surface area contributed by atoms with Crippen molar-refractivity contribution >= 4 is 22.7 Å². The molecular formula is C16H12N6O2. The summed E-state index contributed by atoms with van der Waals surface area (Å²) in [6.07, 6.45) is 4.88. The third-order valence-electron chi connectivity index (χ3n) is 3.44. The fourth-order valence-corrected chi connectivity index (χ4v) is 2.35. The lowest BCUT2D eigenvalue weighted by atomic mass is 10.1. The first-order valence-corrected chi connectivity index (χ1v) is 7.25. The van der Waals surface area contributed by atoms with E-state index in [0.717, 1.165) is 5.39 Å². The van der Waals surface area contributed by atoms with Gasteiger partial charge < -0.3 is 9.84 Å². The van der Waals surface area contributed by atoms with E-state index < -0.39 is 0 Å². The molecule has 0 unspecified atom stereocenters. The number of nitrogens with zero attached hydrogens (tertiary/aromatic N) is 5. The van der Waals surface area contributed by atoms with Gasteiger partial charge in [0.25, 0.3) is 0 Å². The van der Waals surface area contributed by atoms with Crippen molar-refractivity contribution in [3.63, 3.8) is 0 Å². The highest BCUT2D eigenvalue weighted by molar-refractivity contribution is 5.94. The number of benzene rings is 1. The second kappa shape index (κ2) is 5.92. The Hall–Kier alpha value is -3.55. The summed E-state index contributed by atoms with van der Waals surface area (Å²) in [5.41, 5.74) is 1.24. The molecule has 118 valence electrons. The van der Waals surface area contributed by atoms with Crippen molar-refractivity contribution in [1.29, 1.82) is 0 Å². The van der Waals surface area contributed by atoms with Crippen molar-refractivity contribution in [2.24, 2.45) is 0 Å². The van der Waals surface area contributed by atoms with Gasteiger partial charge in [-0.2, -0.15) is 5.10 Å². The summed E-state index contributed by atoms with van der Waals surface area (Å²) in [4.78, 5) is 20.4. The SMILES string of the molecule is O=C(Cc1noc2ccccc12)Nc1cc(-n2cccn2)ncn1. The molecule has 4 rings (SSSR count). The van der Waals surface area contributed by atoms with E-state index >= 15 is 0 Å². The molecule has 0 aliphatic carbocycles. The Morgan fingerprint density at radius 2 is 2.12 bits per heavy atom. The molecule has 0 saturated heterocycles. The van der Waals surface area contributed by atoms with E-state index in [1.165, 1.54) is 6.33 Å². The maximum absolute atomic E-state index is 12.2. The van der Waals surface area contributed by atoms with Crippen LogP contribution in [0.5, 0.6) is 0 Å². The highest BCUT2D eigenvalue weighted by Crippen LogP contribution is 2.18. The second-order valence-corrected chi connectivity index (χ2v) is 5.06. The Morgan fingerprint density at radius 1 is 1.21 bits per heavy atom. The fraction of sp³-hybridized carbons (Fsp3) is 0.0625. The molecule has 24 heavy (non-hydrogen) atoms. The third kappa shape index (κ3) is 2.72. The van der Waals surface area contributed by atoms with Gasteiger partial charge in [0.15, 0.2) is 11.4 Å². The summed E-state index contributed by atoms with van der Waals surface area (Å²) in [5.74, 6) is 0.727. The summed E-state index contributed by atoms with van der Waals surface area (Å²) in [5, 5.41) is 11.6. The van der Waals surface area contributed by atoms with Gasteiger partial charge >= 0.3 is 0 Å². The maximum atomic E-state index is 12.2. The lowest BCUT2D eigenvalue weighted by Gasteiger charge is -2.05. The normalized spacial score (nSPS) is 10.8. The van der Waals surface area contributed by atoms with Gasteiger partial charge in [0, 0.05) is 23.8 Å². The van der Waals surface area contributed by atoms with Gasteiger partial charge in [-0.3, -0.25) is 4.79 Å². The van der Waals surface area contributed by atoms with Gasteiger partial charge in [0.05, 0.1) is 6.42 Å². The highest BCUT2D eigenvalue weighted by Gasteiger charge is 2.13. The first-order valence-electron chi connectivity index (χ1n) is 7.25. The standard InChI is InChI=1S/C16H12N6O2/c23-16(8-12-11-4-1-2-5-13(11)24-21-12)20-14-9-15(18-10-17-14)22-7-3-6-19-22/h1-7,9-10H,8H2,(H,17,18,20,23). The van der Waals surface area contributed by atoms with Crippen LogP contribution in [0.25, 0.3) is 16.8 Å². The molecule has 1 amide bonds. The number of fused-ring (bicyclic) bond motifs is 1. The van der Waals surface area contributed by atoms with Gasteiger partial charge in [0.1, 0.15) is 17.8 Å². The average molecular weight is 320 g/mol. The first kappa shape index (κ1) is 14.1. The van der Waals surface area contributed by atoms with Crippen LogP contribution < -0.4 is 5.32 Å². The number of carbonyl (C=O) groups excluding carboxylic acids is 1. The minimum absolute atomic E-state index is 0.0954. The van der Waals surface area contributed by atoms with Crippen LogP contribution >= 0.6 is 0 Å². The van der Waals surface area contributed by atoms with Crippen LogP contribution in [0, 0.1) is 0 Å². The van der Waals surface area contributed by atoms with Gasteiger partial charge in [-0.05, 0) is 18.2 Å². The fourth-order valence-electron chi connectivity index (χ4n) is 2.35. The maximum Gasteiger partial charge on any atom is 0.231 e. The highest BCUT2D eigenvalue weighted by atomic mass is 16.5. The summed E-state index contributed by atoms with van der Waals surface area (Å²) < 4.78 is 6.79. The molecule has 0 aliphatic rings. The minimum atomic E-state index is -0.237. The Morgan fingerprint density at radius 3 is 3.00 bits per heavy atom. The van der Waals surface area contributed by atoms with E-state index in [4.69, 9.17) is 4.52 Å². The molecule has 8 heteroatoms. The zero-order chi connectivity index (χ0) is 16.4.